The van der Waals surface area contributed by atoms with Crippen LogP contribution in [0.4, 0.5) is 13.2 Å². The number of nitriles is 1. The number of nitrogens with zero attached hydrogens (tertiary/aromatic N) is 6. The molecule has 32 heavy (non-hydrogen) atoms. The van der Waals surface area contributed by atoms with E-state index in [9.17, 15) is 23.5 Å². The number of aliphatic hydroxyl groups is 1. The number of benzene rings is 2. The number of aliphatic hydroxyl groups excluding tert-OH is 1. The molecule has 9 nitrogen and oxygen atoms in total. The van der Waals surface area contributed by atoms with Gasteiger partial charge in [0, 0.05) is 0 Å². The number of nitrogens with one attached hydrogen (secondary N) is 1. The lowest BCUT2D eigenvalue weighted by molar-refractivity contribution is -0.274. The summed E-state index contributed by atoms with van der Waals surface area (Å²) in [5.74, 6) is -0.435. The standard InChI is InChI=1S/C19H12F3N7O2S/c20-19(21,22)31-12-7-5-11(6-8-12)29-18(26-27-28-29)32-10-16(30)13(9-23)17-24-14-3-1-2-4-15(14)25-17/h1-8,30H,10H2,(H,24,25). The molecular formula is C19H12F3N7O2S. The number of allylic oxidation sites excluding steroid dienone is 1. The van der Waals surface area contributed by atoms with Gasteiger partial charge < -0.3 is 14.8 Å². The van der Waals surface area contributed by atoms with Crippen LogP contribution in [-0.2, 0) is 0 Å². The topological polar surface area (TPSA) is 126 Å². The predicted molar refractivity (Wildman–Crippen MR) is 108 cm³/mol. The molecular weight excluding hydrogens is 447 g/mol. The first-order chi connectivity index (χ1) is 15.3. The van der Waals surface area contributed by atoms with Crippen molar-refractivity contribution in [2.75, 3.05) is 5.75 Å². The molecule has 162 valence electrons. The highest BCUT2D eigenvalue weighted by molar-refractivity contribution is 7.99. The van der Waals surface area contributed by atoms with Crippen molar-refractivity contribution in [1.29, 1.82) is 5.26 Å². The predicted octanol–water partition coefficient (Wildman–Crippen LogP) is 4.02. The van der Waals surface area contributed by atoms with E-state index in [1.807, 2.05) is 12.1 Å². The van der Waals surface area contributed by atoms with Gasteiger partial charge in [-0.15, -0.1) is 18.3 Å². The quantitative estimate of drug-likeness (QED) is 0.252. The number of halogens is 3. The lowest BCUT2D eigenvalue weighted by atomic mass is 10.2. The summed E-state index contributed by atoms with van der Waals surface area (Å²) >= 11 is 1.03. The highest BCUT2D eigenvalue weighted by Crippen LogP contribution is 2.27. The Morgan fingerprint density at radius 3 is 2.62 bits per heavy atom. The van der Waals surface area contributed by atoms with Gasteiger partial charge in [0.2, 0.25) is 5.16 Å². The molecule has 4 rings (SSSR count). The third-order valence-corrected chi connectivity index (χ3v) is 5.05. The van der Waals surface area contributed by atoms with Crippen LogP contribution >= 0.6 is 11.8 Å². The van der Waals surface area contributed by atoms with E-state index in [1.165, 1.54) is 16.8 Å². The third kappa shape index (κ3) is 4.65. The van der Waals surface area contributed by atoms with E-state index in [1.54, 1.807) is 18.2 Å². The molecule has 0 aliphatic rings. The van der Waals surface area contributed by atoms with Crippen LogP contribution in [0.15, 0.2) is 59.4 Å². The normalized spacial score (nSPS) is 12.4. The van der Waals surface area contributed by atoms with Crippen LogP contribution in [0.1, 0.15) is 5.82 Å². The van der Waals surface area contributed by atoms with Crippen LogP contribution in [-0.4, -0.2) is 47.4 Å². The molecule has 0 spiro atoms. The van der Waals surface area contributed by atoms with E-state index in [-0.39, 0.29) is 33.8 Å². The van der Waals surface area contributed by atoms with Crippen molar-refractivity contribution in [3.05, 3.63) is 60.1 Å². The summed E-state index contributed by atoms with van der Waals surface area (Å²) in [4.78, 5) is 7.29. The summed E-state index contributed by atoms with van der Waals surface area (Å²) < 4.78 is 42.1. The number of hydrogen-bond donors (Lipinski definition) is 2. The number of hydrogen-bond acceptors (Lipinski definition) is 8. The summed E-state index contributed by atoms with van der Waals surface area (Å²) in [7, 11) is 0. The number of tetrazole rings is 1. The van der Waals surface area contributed by atoms with E-state index >= 15 is 0 Å². The van der Waals surface area contributed by atoms with Gasteiger partial charge in [-0.25, -0.2) is 4.98 Å². The Labute approximate surface area is 182 Å². The molecule has 2 aromatic heterocycles. The summed E-state index contributed by atoms with van der Waals surface area (Å²) in [5.41, 5.74) is 1.73. The van der Waals surface area contributed by atoms with Crippen molar-refractivity contribution in [2.45, 2.75) is 11.5 Å². The van der Waals surface area contributed by atoms with Crippen LogP contribution in [0.25, 0.3) is 22.3 Å². The van der Waals surface area contributed by atoms with Crippen LogP contribution < -0.4 is 4.74 Å². The second kappa shape index (κ2) is 8.60. The number of thioether (sulfide) groups is 1. The van der Waals surface area contributed by atoms with E-state index < -0.39 is 6.36 Å². The van der Waals surface area contributed by atoms with Crippen molar-refractivity contribution in [3.8, 4) is 17.5 Å². The largest absolute Gasteiger partial charge is 0.573 e. The molecule has 2 N–H and O–H groups in total. The molecule has 4 aromatic rings. The Balaban J connectivity index is 1.52. The first-order valence-corrected chi connectivity index (χ1v) is 9.87. The molecule has 0 amide bonds. The Hall–Kier alpha value is -4.05. The second-order valence-corrected chi connectivity index (χ2v) is 7.18. The third-order valence-electron chi connectivity index (χ3n) is 4.12. The average molecular weight is 459 g/mol. The monoisotopic (exact) mass is 459 g/mol. The number of rotatable bonds is 6. The van der Waals surface area contributed by atoms with Crippen LogP contribution in [0.3, 0.4) is 0 Å². The van der Waals surface area contributed by atoms with Crippen molar-refractivity contribution in [1.82, 2.24) is 30.2 Å². The molecule has 0 bridgehead atoms. The summed E-state index contributed by atoms with van der Waals surface area (Å²) in [6, 6.07) is 14.1. The van der Waals surface area contributed by atoms with Gasteiger partial charge in [0.15, 0.2) is 5.82 Å². The van der Waals surface area contributed by atoms with Crippen molar-refractivity contribution in [3.63, 3.8) is 0 Å². The van der Waals surface area contributed by atoms with Crippen LogP contribution in [0, 0.1) is 11.3 Å². The van der Waals surface area contributed by atoms with Gasteiger partial charge in [-0.05, 0) is 46.8 Å². The molecule has 0 saturated carbocycles. The summed E-state index contributed by atoms with van der Waals surface area (Å²) in [5, 5.41) is 31.4. The molecule has 0 unspecified atom stereocenters. The van der Waals surface area contributed by atoms with Crippen LogP contribution in [0.2, 0.25) is 0 Å². The van der Waals surface area contributed by atoms with E-state index in [4.69, 9.17) is 0 Å². The number of aromatic nitrogens is 6. The van der Waals surface area contributed by atoms with Crippen LogP contribution in [0.5, 0.6) is 5.75 Å². The maximum atomic E-state index is 12.3. The zero-order chi connectivity index (χ0) is 22.7. The van der Waals surface area contributed by atoms with Gasteiger partial charge in [-0.3, -0.25) is 0 Å². The summed E-state index contributed by atoms with van der Waals surface area (Å²) in [6.07, 6.45) is -4.79. The first kappa shape index (κ1) is 21.2. The molecule has 2 aromatic carbocycles. The molecule has 13 heteroatoms. The van der Waals surface area contributed by atoms with Gasteiger partial charge in [-0.1, -0.05) is 23.9 Å². The first-order valence-electron chi connectivity index (χ1n) is 8.89. The van der Waals surface area contributed by atoms with E-state index in [2.05, 4.69) is 30.2 Å². The maximum Gasteiger partial charge on any atom is 0.573 e. The van der Waals surface area contributed by atoms with Gasteiger partial charge in [0.1, 0.15) is 23.2 Å². The highest BCUT2D eigenvalue weighted by atomic mass is 32.2. The number of aromatic amines is 1. The fraction of sp³-hybridized carbons (Fsp3) is 0.105. The number of fused-ring (bicyclic) bond motifs is 1. The zero-order valence-electron chi connectivity index (χ0n) is 15.9. The smallest absolute Gasteiger partial charge is 0.510 e. The van der Waals surface area contributed by atoms with E-state index in [0.29, 0.717) is 11.2 Å². The zero-order valence-corrected chi connectivity index (χ0v) is 16.7. The lowest BCUT2D eigenvalue weighted by Gasteiger charge is -2.09. The Morgan fingerprint density at radius 2 is 1.94 bits per heavy atom. The molecule has 2 heterocycles. The van der Waals surface area contributed by atoms with Gasteiger partial charge in [0.25, 0.3) is 0 Å². The van der Waals surface area contributed by atoms with Crippen molar-refractivity contribution < 1.29 is 23.0 Å². The number of H-pyrrole nitrogens is 1. The Bertz CT molecular complexity index is 1290. The minimum absolute atomic E-state index is 0.0265. The lowest BCUT2D eigenvalue weighted by Crippen LogP contribution is -2.17. The van der Waals surface area contributed by atoms with Gasteiger partial charge in [-0.2, -0.15) is 9.94 Å². The minimum atomic E-state index is -4.79. The van der Waals surface area contributed by atoms with Crippen molar-refractivity contribution in [2.24, 2.45) is 0 Å². The van der Waals surface area contributed by atoms with Gasteiger partial charge >= 0.3 is 6.36 Å². The second-order valence-electron chi connectivity index (χ2n) is 6.24. The maximum absolute atomic E-state index is 12.3. The van der Waals surface area contributed by atoms with E-state index in [0.717, 1.165) is 29.4 Å². The molecule has 0 fully saturated rings. The fourth-order valence-electron chi connectivity index (χ4n) is 2.75. The number of alkyl halides is 3. The highest BCUT2D eigenvalue weighted by Gasteiger charge is 2.31. The summed E-state index contributed by atoms with van der Waals surface area (Å²) in [6.45, 7) is 0. The Morgan fingerprint density at radius 1 is 1.19 bits per heavy atom. The van der Waals surface area contributed by atoms with Crippen molar-refractivity contribution >= 4 is 28.4 Å². The van der Waals surface area contributed by atoms with Gasteiger partial charge in [0.05, 0.1) is 22.5 Å². The molecule has 0 atom stereocenters. The average Bonchev–Trinajstić information content (AvgIpc) is 3.39. The number of para-hydroxylation sites is 2. The minimum Gasteiger partial charge on any atom is -0.510 e. The Kier molecular flexibility index (Phi) is 5.69. The SMILES string of the molecule is N#CC(=C(O)CSc1nnnn1-c1ccc(OC(F)(F)F)cc1)c1nc2ccccc2[nH]1. The molecule has 0 radical (unpaired) electrons. The number of imidazole rings is 1. The number of ether oxygens (including phenoxy) is 1. The molecule has 0 aliphatic heterocycles. The molecule has 0 saturated heterocycles. The fourth-order valence-corrected chi connectivity index (χ4v) is 3.52. The molecule has 0 aliphatic carbocycles.